The van der Waals surface area contributed by atoms with Crippen molar-refractivity contribution in [2.24, 2.45) is 0 Å². The first-order valence-corrected chi connectivity index (χ1v) is 11.1. The van der Waals surface area contributed by atoms with Crippen molar-refractivity contribution in [3.05, 3.63) is 78.1 Å². The summed E-state index contributed by atoms with van der Waals surface area (Å²) in [7, 11) is 0. The number of nitrogens with one attached hydrogen (secondary N) is 2. The third-order valence-electron chi connectivity index (χ3n) is 5.81. The Labute approximate surface area is 191 Å². The number of amides is 3. The number of aryl methyl sites for hydroxylation is 1. The van der Waals surface area contributed by atoms with Crippen molar-refractivity contribution in [3.63, 3.8) is 0 Å². The summed E-state index contributed by atoms with van der Waals surface area (Å²) >= 11 is 0. The van der Waals surface area contributed by atoms with Crippen molar-refractivity contribution in [3.8, 4) is 0 Å². The lowest BCUT2D eigenvalue weighted by Crippen LogP contribution is -2.49. The lowest BCUT2D eigenvalue weighted by Gasteiger charge is -2.32. The Bertz CT molecular complexity index is 1090. The van der Waals surface area contributed by atoms with Crippen LogP contribution in [0.2, 0.25) is 0 Å². The largest absolute Gasteiger partial charge is 0.467 e. The van der Waals surface area contributed by atoms with Crippen LogP contribution in [0.5, 0.6) is 0 Å². The Morgan fingerprint density at radius 3 is 2.39 bits per heavy atom. The van der Waals surface area contributed by atoms with E-state index in [1.165, 1.54) is 23.5 Å². The van der Waals surface area contributed by atoms with Gasteiger partial charge in [-0.1, -0.05) is 31.0 Å². The van der Waals surface area contributed by atoms with Crippen LogP contribution >= 0.6 is 0 Å². The Morgan fingerprint density at radius 1 is 1.00 bits per heavy atom. The second-order valence-electron chi connectivity index (χ2n) is 8.12. The number of furan rings is 2. The normalized spacial score (nSPS) is 14.6. The highest BCUT2D eigenvalue weighted by Gasteiger charge is 2.36. The van der Waals surface area contributed by atoms with E-state index in [2.05, 4.69) is 10.6 Å². The molecule has 1 aromatic carbocycles. The highest BCUT2D eigenvalue weighted by atomic mass is 16.3. The molecule has 33 heavy (non-hydrogen) atoms. The summed E-state index contributed by atoms with van der Waals surface area (Å²) in [4.78, 5) is 40.7. The van der Waals surface area contributed by atoms with Crippen LogP contribution < -0.4 is 15.5 Å². The molecule has 3 aromatic rings. The van der Waals surface area contributed by atoms with E-state index in [1.54, 1.807) is 30.3 Å². The van der Waals surface area contributed by atoms with Crippen molar-refractivity contribution in [1.29, 1.82) is 0 Å². The molecule has 2 N–H and O–H groups in total. The van der Waals surface area contributed by atoms with Gasteiger partial charge in [0.15, 0.2) is 11.8 Å². The Kier molecular flexibility index (Phi) is 6.92. The minimum atomic E-state index is -1.02. The van der Waals surface area contributed by atoms with E-state index in [9.17, 15) is 14.4 Å². The predicted molar refractivity (Wildman–Crippen MR) is 122 cm³/mol. The maximum Gasteiger partial charge on any atom is 0.287 e. The van der Waals surface area contributed by atoms with Gasteiger partial charge in [-0.05, 0) is 55.7 Å². The van der Waals surface area contributed by atoms with Gasteiger partial charge in [-0.15, -0.1) is 0 Å². The average molecular weight is 450 g/mol. The quantitative estimate of drug-likeness (QED) is 0.545. The molecule has 2 heterocycles. The molecule has 0 bridgehead atoms. The van der Waals surface area contributed by atoms with Crippen LogP contribution in [0.25, 0.3) is 0 Å². The van der Waals surface area contributed by atoms with Crippen LogP contribution in [0.3, 0.4) is 0 Å². The van der Waals surface area contributed by atoms with Crippen molar-refractivity contribution in [2.45, 2.75) is 44.7 Å². The number of rotatable bonds is 8. The maximum absolute atomic E-state index is 13.5. The summed E-state index contributed by atoms with van der Waals surface area (Å²) < 4.78 is 10.7. The molecular weight excluding hydrogens is 422 g/mol. The van der Waals surface area contributed by atoms with E-state index >= 15 is 0 Å². The van der Waals surface area contributed by atoms with Crippen molar-refractivity contribution in [2.75, 3.05) is 11.4 Å². The zero-order chi connectivity index (χ0) is 23.2. The highest BCUT2D eigenvalue weighted by molar-refractivity contribution is 6.04. The number of hydrogen-bond donors (Lipinski definition) is 2. The number of anilines is 1. The number of hydrogen-bond acceptors (Lipinski definition) is 5. The SMILES string of the molecule is Cc1ccccc1N(C(=O)CNC(=O)c1ccco1)[C@H](C(=O)NC1CCCC1)c1ccco1. The van der Waals surface area contributed by atoms with Crippen LogP contribution in [0, 0.1) is 6.92 Å². The van der Waals surface area contributed by atoms with E-state index in [1.807, 2.05) is 19.1 Å². The molecule has 3 amide bonds. The van der Waals surface area contributed by atoms with Crippen LogP contribution in [0.15, 0.2) is 69.9 Å². The van der Waals surface area contributed by atoms with Crippen LogP contribution in [-0.2, 0) is 9.59 Å². The second-order valence-corrected chi connectivity index (χ2v) is 8.12. The van der Waals surface area contributed by atoms with Gasteiger partial charge in [0.2, 0.25) is 5.91 Å². The fraction of sp³-hybridized carbons (Fsp3) is 0.320. The number of para-hydroxylation sites is 1. The van der Waals surface area contributed by atoms with Gasteiger partial charge in [0, 0.05) is 11.7 Å². The Hall–Kier alpha value is -3.81. The molecule has 8 nitrogen and oxygen atoms in total. The molecule has 1 saturated carbocycles. The molecule has 0 spiro atoms. The molecule has 1 aliphatic rings. The van der Waals surface area contributed by atoms with Gasteiger partial charge in [0.05, 0.1) is 19.1 Å². The van der Waals surface area contributed by atoms with Crippen molar-refractivity contribution in [1.82, 2.24) is 10.6 Å². The van der Waals surface area contributed by atoms with Gasteiger partial charge >= 0.3 is 0 Å². The summed E-state index contributed by atoms with van der Waals surface area (Å²) in [6.45, 7) is 1.55. The Morgan fingerprint density at radius 2 is 1.73 bits per heavy atom. The molecule has 0 saturated heterocycles. The number of nitrogens with zero attached hydrogens (tertiary/aromatic N) is 1. The molecule has 0 radical (unpaired) electrons. The van der Waals surface area contributed by atoms with Crippen molar-refractivity contribution >= 4 is 23.4 Å². The standard InChI is InChI=1S/C25H27N3O5/c1-17-8-2-5-11-19(17)28(22(29)16-26-24(30)21-13-7-15-33-21)23(20-12-6-14-32-20)25(31)27-18-9-3-4-10-18/h2,5-8,11-15,18,23H,3-4,9-10,16H2,1H3,(H,26,30)(H,27,31)/t23-/m0/s1. The number of benzene rings is 1. The summed E-state index contributed by atoms with van der Waals surface area (Å²) in [6, 6.07) is 12.8. The molecule has 0 aliphatic heterocycles. The molecule has 0 unspecified atom stereocenters. The lowest BCUT2D eigenvalue weighted by molar-refractivity contribution is -0.127. The minimum absolute atomic E-state index is 0.0717. The van der Waals surface area contributed by atoms with Crippen molar-refractivity contribution < 1.29 is 23.2 Å². The van der Waals surface area contributed by atoms with E-state index in [0.717, 1.165) is 31.2 Å². The van der Waals surface area contributed by atoms with Crippen LogP contribution in [0.1, 0.15) is 53.6 Å². The van der Waals surface area contributed by atoms with E-state index in [4.69, 9.17) is 8.83 Å². The fourth-order valence-electron chi connectivity index (χ4n) is 4.16. The summed E-state index contributed by atoms with van der Waals surface area (Å²) in [5.41, 5.74) is 1.38. The molecular formula is C25H27N3O5. The molecule has 4 rings (SSSR count). The zero-order valence-corrected chi connectivity index (χ0v) is 18.5. The average Bonchev–Trinajstić information content (AvgIpc) is 3.59. The topological polar surface area (TPSA) is 105 Å². The summed E-state index contributed by atoms with van der Waals surface area (Å²) in [5, 5.41) is 5.66. The van der Waals surface area contributed by atoms with Gasteiger partial charge in [0.1, 0.15) is 5.76 Å². The maximum atomic E-state index is 13.5. The van der Waals surface area contributed by atoms with Crippen LogP contribution in [-0.4, -0.2) is 30.3 Å². The molecule has 8 heteroatoms. The fourth-order valence-corrected chi connectivity index (χ4v) is 4.16. The van der Waals surface area contributed by atoms with Gasteiger partial charge in [0.25, 0.3) is 11.8 Å². The predicted octanol–water partition coefficient (Wildman–Crippen LogP) is 3.74. The third-order valence-corrected chi connectivity index (χ3v) is 5.81. The summed E-state index contributed by atoms with van der Waals surface area (Å²) in [6.07, 6.45) is 6.81. The molecule has 2 aromatic heterocycles. The van der Waals surface area contributed by atoms with Gasteiger partial charge in [-0.2, -0.15) is 0 Å². The van der Waals surface area contributed by atoms with Gasteiger partial charge < -0.3 is 19.5 Å². The first-order valence-electron chi connectivity index (χ1n) is 11.1. The van der Waals surface area contributed by atoms with E-state index < -0.39 is 17.9 Å². The molecule has 1 aliphatic carbocycles. The van der Waals surface area contributed by atoms with Gasteiger partial charge in [-0.3, -0.25) is 19.3 Å². The van der Waals surface area contributed by atoms with Gasteiger partial charge in [-0.25, -0.2) is 0 Å². The molecule has 172 valence electrons. The summed E-state index contributed by atoms with van der Waals surface area (Å²) in [5.74, 6) is -0.827. The highest BCUT2D eigenvalue weighted by Crippen LogP contribution is 2.31. The first-order chi connectivity index (χ1) is 16.0. The minimum Gasteiger partial charge on any atom is -0.467 e. The lowest BCUT2D eigenvalue weighted by atomic mass is 10.1. The number of carbonyl (C=O) groups excluding carboxylic acids is 3. The Balaban J connectivity index is 1.65. The van der Waals surface area contributed by atoms with E-state index in [0.29, 0.717) is 11.4 Å². The zero-order valence-electron chi connectivity index (χ0n) is 18.5. The molecule has 1 fully saturated rings. The number of carbonyl (C=O) groups is 3. The smallest absolute Gasteiger partial charge is 0.287 e. The molecule has 1 atom stereocenters. The third kappa shape index (κ3) is 5.16. The second kappa shape index (κ2) is 10.2. The monoisotopic (exact) mass is 449 g/mol. The first kappa shape index (κ1) is 22.4. The van der Waals surface area contributed by atoms with E-state index in [-0.39, 0.29) is 24.3 Å². The van der Waals surface area contributed by atoms with Crippen LogP contribution in [0.4, 0.5) is 5.69 Å².